The molecule has 0 amide bonds. The van der Waals surface area contributed by atoms with Crippen molar-refractivity contribution in [3.63, 3.8) is 0 Å². The lowest BCUT2D eigenvalue weighted by molar-refractivity contribution is 0.132. The smallest absolute Gasteiger partial charge is 0.0639 e. The van der Waals surface area contributed by atoms with Crippen LogP contribution in [0, 0.1) is 5.92 Å². The second-order valence-electron chi connectivity index (χ2n) is 4.55. The Bertz CT molecular complexity index is 298. The number of anilines is 1. The van der Waals surface area contributed by atoms with Crippen LogP contribution in [0.4, 0.5) is 5.69 Å². The van der Waals surface area contributed by atoms with Gasteiger partial charge in [-0.1, -0.05) is 26.0 Å². The maximum atomic E-state index is 5.73. The summed E-state index contributed by atoms with van der Waals surface area (Å²) in [7, 11) is 0. The van der Waals surface area contributed by atoms with Crippen LogP contribution in [0.3, 0.4) is 0 Å². The number of benzene rings is 1. The zero-order valence-electron chi connectivity index (χ0n) is 10.7. The van der Waals surface area contributed by atoms with E-state index >= 15 is 0 Å². The van der Waals surface area contributed by atoms with Crippen LogP contribution >= 0.6 is 11.6 Å². The van der Waals surface area contributed by atoms with Gasteiger partial charge in [0, 0.05) is 24.7 Å². The number of hydrogen-bond donors (Lipinski definition) is 1. The summed E-state index contributed by atoms with van der Waals surface area (Å²) >= 11 is 5.73. The molecule has 2 nitrogen and oxygen atoms in total. The van der Waals surface area contributed by atoms with Crippen molar-refractivity contribution in [1.82, 2.24) is 0 Å². The molecular formula is C14H22ClNO. The summed E-state index contributed by atoms with van der Waals surface area (Å²) in [6.07, 6.45) is 1.13. The molecule has 0 heterocycles. The Kier molecular flexibility index (Phi) is 7.06. The Labute approximate surface area is 109 Å². The van der Waals surface area contributed by atoms with Crippen LogP contribution in [-0.4, -0.2) is 19.8 Å². The largest absolute Gasteiger partial charge is 0.383 e. The normalized spacial score (nSPS) is 10.8. The fraction of sp³-hybridized carbons (Fsp3) is 0.571. The second-order valence-corrected chi connectivity index (χ2v) is 4.82. The summed E-state index contributed by atoms with van der Waals surface area (Å²) in [5.74, 6) is 1.28. The molecule has 0 atom stereocenters. The topological polar surface area (TPSA) is 21.3 Å². The Balaban J connectivity index is 2.09. The molecule has 1 aromatic rings. The third-order valence-corrected chi connectivity index (χ3v) is 2.83. The first-order valence-corrected chi connectivity index (χ1v) is 6.72. The summed E-state index contributed by atoms with van der Waals surface area (Å²) < 4.78 is 5.53. The van der Waals surface area contributed by atoms with E-state index in [2.05, 4.69) is 19.2 Å². The summed E-state index contributed by atoms with van der Waals surface area (Å²) in [5.41, 5.74) is 2.26. The predicted molar refractivity (Wildman–Crippen MR) is 74.8 cm³/mol. The number of hydrogen-bond acceptors (Lipinski definition) is 2. The van der Waals surface area contributed by atoms with Crippen LogP contribution in [0.5, 0.6) is 0 Å². The molecular weight excluding hydrogens is 234 g/mol. The van der Waals surface area contributed by atoms with Gasteiger partial charge in [-0.05, 0) is 30.0 Å². The van der Waals surface area contributed by atoms with Crippen molar-refractivity contribution in [2.75, 3.05) is 25.1 Å². The number of halogens is 1. The first kappa shape index (κ1) is 14.3. The van der Waals surface area contributed by atoms with Crippen molar-refractivity contribution < 1.29 is 4.74 Å². The van der Waals surface area contributed by atoms with Crippen LogP contribution in [-0.2, 0) is 10.6 Å². The Hall–Kier alpha value is -0.730. The molecule has 3 heteroatoms. The molecule has 0 aromatic heterocycles. The lowest BCUT2D eigenvalue weighted by Crippen LogP contribution is -2.10. The Morgan fingerprint density at radius 2 is 1.88 bits per heavy atom. The minimum Gasteiger partial charge on any atom is -0.383 e. The van der Waals surface area contributed by atoms with Crippen molar-refractivity contribution >= 4 is 17.3 Å². The highest BCUT2D eigenvalue weighted by molar-refractivity contribution is 6.17. The van der Waals surface area contributed by atoms with Gasteiger partial charge in [0.25, 0.3) is 0 Å². The zero-order chi connectivity index (χ0) is 12.5. The van der Waals surface area contributed by atoms with E-state index in [4.69, 9.17) is 16.3 Å². The first-order valence-electron chi connectivity index (χ1n) is 6.19. The SMILES string of the molecule is CC(C)CCOCCNc1ccc(CCl)cc1. The highest BCUT2D eigenvalue weighted by Crippen LogP contribution is 2.10. The summed E-state index contributed by atoms with van der Waals surface area (Å²) in [6, 6.07) is 8.17. The molecule has 0 unspecified atom stereocenters. The first-order chi connectivity index (χ1) is 8.22. The van der Waals surface area contributed by atoms with Crippen molar-refractivity contribution in [3.8, 4) is 0 Å². The molecule has 0 saturated carbocycles. The van der Waals surface area contributed by atoms with E-state index in [1.165, 1.54) is 0 Å². The van der Waals surface area contributed by atoms with Crippen LogP contribution in [0.25, 0.3) is 0 Å². The average molecular weight is 256 g/mol. The van der Waals surface area contributed by atoms with E-state index < -0.39 is 0 Å². The van der Waals surface area contributed by atoms with Crippen LogP contribution < -0.4 is 5.32 Å². The third-order valence-electron chi connectivity index (χ3n) is 2.52. The minimum atomic E-state index is 0.568. The Morgan fingerprint density at radius 1 is 1.18 bits per heavy atom. The maximum Gasteiger partial charge on any atom is 0.0639 e. The molecule has 0 aliphatic carbocycles. The maximum absolute atomic E-state index is 5.73. The number of alkyl halides is 1. The van der Waals surface area contributed by atoms with Gasteiger partial charge < -0.3 is 10.1 Å². The lowest BCUT2D eigenvalue weighted by atomic mass is 10.1. The van der Waals surface area contributed by atoms with Crippen molar-refractivity contribution in [2.24, 2.45) is 5.92 Å². The minimum absolute atomic E-state index is 0.568. The zero-order valence-corrected chi connectivity index (χ0v) is 11.5. The van der Waals surface area contributed by atoms with Crippen molar-refractivity contribution in [3.05, 3.63) is 29.8 Å². The van der Waals surface area contributed by atoms with E-state index in [1.54, 1.807) is 0 Å². The van der Waals surface area contributed by atoms with Gasteiger partial charge in [-0.15, -0.1) is 11.6 Å². The third kappa shape index (κ3) is 6.54. The lowest BCUT2D eigenvalue weighted by Gasteiger charge is -2.08. The van der Waals surface area contributed by atoms with Gasteiger partial charge in [-0.3, -0.25) is 0 Å². The number of ether oxygens (including phenoxy) is 1. The van der Waals surface area contributed by atoms with Gasteiger partial charge >= 0.3 is 0 Å². The van der Waals surface area contributed by atoms with Gasteiger partial charge in [-0.25, -0.2) is 0 Å². The molecule has 0 aliphatic heterocycles. The second kappa shape index (κ2) is 8.37. The molecule has 0 spiro atoms. The molecule has 0 fully saturated rings. The summed E-state index contributed by atoms with van der Waals surface area (Å²) in [4.78, 5) is 0. The molecule has 1 aromatic carbocycles. The van der Waals surface area contributed by atoms with Gasteiger partial charge in [-0.2, -0.15) is 0 Å². The summed E-state index contributed by atoms with van der Waals surface area (Å²) in [6.45, 7) is 6.87. The van der Waals surface area contributed by atoms with Crippen LogP contribution in [0.2, 0.25) is 0 Å². The van der Waals surface area contributed by atoms with Gasteiger partial charge in [0.15, 0.2) is 0 Å². The van der Waals surface area contributed by atoms with E-state index in [1.807, 2.05) is 24.3 Å². The molecule has 1 rings (SSSR count). The molecule has 0 radical (unpaired) electrons. The van der Waals surface area contributed by atoms with E-state index in [0.29, 0.717) is 11.8 Å². The van der Waals surface area contributed by atoms with Crippen LogP contribution in [0.15, 0.2) is 24.3 Å². The summed E-state index contributed by atoms with van der Waals surface area (Å²) in [5, 5.41) is 3.32. The fourth-order valence-corrected chi connectivity index (χ4v) is 1.58. The van der Waals surface area contributed by atoms with Gasteiger partial charge in [0.05, 0.1) is 6.61 Å². The fourth-order valence-electron chi connectivity index (χ4n) is 1.40. The standard InChI is InChI=1S/C14H22ClNO/c1-12(2)7-9-17-10-8-16-14-5-3-13(11-15)4-6-14/h3-6,12,16H,7-11H2,1-2H3. The van der Waals surface area contributed by atoms with Crippen molar-refractivity contribution in [1.29, 1.82) is 0 Å². The monoisotopic (exact) mass is 255 g/mol. The molecule has 0 saturated heterocycles. The average Bonchev–Trinajstić information content (AvgIpc) is 2.34. The molecule has 0 aliphatic rings. The Morgan fingerprint density at radius 3 is 2.47 bits per heavy atom. The van der Waals surface area contributed by atoms with E-state index in [0.717, 1.165) is 37.4 Å². The molecule has 17 heavy (non-hydrogen) atoms. The highest BCUT2D eigenvalue weighted by Gasteiger charge is 1.95. The number of nitrogens with one attached hydrogen (secondary N) is 1. The predicted octanol–water partition coefficient (Wildman–Crippen LogP) is 3.90. The highest BCUT2D eigenvalue weighted by atomic mass is 35.5. The van der Waals surface area contributed by atoms with Crippen molar-refractivity contribution in [2.45, 2.75) is 26.1 Å². The molecule has 1 N–H and O–H groups in total. The van der Waals surface area contributed by atoms with Gasteiger partial charge in [0.1, 0.15) is 0 Å². The number of rotatable bonds is 8. The van der Waals surface area contributed by atoms with E-state index in [-0.39, 0.29) is 0 Å². The molecule has 96 valence electrons. The quantitative estimate of drug-likeness (QED) is 0.562. The van der Waals surface area contributed by atoms with Gasteiger partial charge in [0.2, 0.25) is 0 Å². The van der Waals surface area contributed by atoms with Crippen LogP contribution in [0.1, 0.15) is 25.8 Å². The molecule has 0 bridgehead atoms. The van der Waals surface area contributed by atoms with E-state index in [9.17, 15) is 0 Å².